The summed E-state index contributed by atoms with van der Waals surface area (Å²) in [4.78, 5) is 11.4. The minimum atomic E-state index is -0.500. The molecule has 1 atom stereocenters. The van der Waals surface area contributed by atoms with Gasteiger partial charge < -0.3 is 15.8 Å². The second-order valence-corrected chi connectivity index (χ2v) is 4.51. The highest BCUT2D eigenvalue weighted by Crippen LogP contribution is 2.31. The van der Waals surface area contributed by atoms with E-state index in [4.69, 9.17) is 10.5 Å². The van der Waals surface area contributed by atoms with Crippen LogP contribution in [0.25, 0.3) is 0 Å². The molecule has 2 rings (SSSR count). The van der Waals surface area contributed by atoms with Crippen LogP contribution in [0, 0.1) is 0 Å². The van der Waals surface area contributed by atoms with Crippen molar-refractivity contribution in [3.05, 3.63) is 59.7 Å². The van der Waals surface area contributed by atoms with Gasteiger partial charge in [0, 0.05) is 11.6 Å². The van der Waals surface area contributed by atoms with Crippen molar-refractivity contribution in [2.75, 3.05) is 7.05 Å². The van der Waals surface area contributed by atoms with Gasteiger partial charge in [0.2, 0.25) is 0 Å². The van der Waals surface area contributed by atoms with Crippen LogP contribution in [0.2, 0.25) is 0 Å². The minimum absolute atomic E-state index is 0.145. The molecule has 0 aliphatic rings. The number of nitrogens with two attached hydrogens (primary N) is 1. The Kier molecular flexibility index (Phi) is 4.38. The number of carbonyl (C=O) groups is 1. The van der Waals surface area contributed by atoms with Crippen molar-refractivity contribution in [1.82, 2.24) is 5.32 Å². The van der Waals surface area contributed by atoms with E-state index in [9.17, 15) is 4.79 Å². The largest absolute Gasteiger partial charge is 0.456 e. The molecule has 0 aliphatic heterocycles. The molecule has 0 aliphatic carbocycles. The molecule has 104 valence electrons. The number of primary amides is 1. The second kappa shape index (κ2) is 6.21. The van der Waals surface area contributed by atoms with Crippen LogP contribution in [0.15, 0.2) is 48.5 Å². The van der Waals surface area contributed by atoms with Gasteiger partial charge in [-0.3, -0.25) is 4.79 Å². The van der Waals surface area contributed by atoms with E-state index in [0.717, 1.165) is 5.56 Å². The molecular formula is C16H18N2O2. The Balaban J connectivity index is 2.38. The molecule has 0 fully saturated rings. The highest BCUT2D eigenvalue weighted by Gasteiger charge is 2.13. The first-order chi connectivity index (χ1) is 9.63. The molecule has 0 bridgehead atoms. The van der Waals surface area contributed by atoms with Crippen LogP contribution in [0.4, 0.5) is 0 Å². The fourth-order valence-electron chi connectivity index (χ4n) is 1.96. The SMILES string of the molecule is CNC(C)c1ccccc1Oc1ccccc1C(N)=O. The Morgan fingerprint density at radius 2 is 1.70 bits per heavy atom. The Hall–Kier alpha value is -2.33. The van der Waals surface area contributed by atoms with Gasteiger partial charge in [-0.25, -0.2) is 0 Å². The predicted octanol–water partition coefficient (Wildman–Crippen LogP) is 2.86. The van der Waals surface area contributed by atoms with Crippen LogP contribution in [-0.2, 0) is 0 Å². The first-order valence-electron chi connectivity index (χ1n) is 6.46. The Morgan fingerprint density at radius 1 is 1.10 bits per heavy atom. The summed E-state index contributed by atoms with van der Waals surface area (Å²) in [7, 11) is 1.89. The summed E-state index contributed by atoms with van der Waals surface area (Å²) < 4.78 is 5.88. The van der Waals surface area contributed by atoms with Crippen molar-refractivity contribution in [2.45, 2.75) is 13.0 Å². The Morgan fingerprint density at radius 3 is 2.35 bits per heavy atom. The molecular weight excluding hydrogens is 252 g/mol. The molecule has 3 N–H and O–H groups in total. The zero-order valence-electron chi connectivity index (χ0n) is 11.6. The van der Waals surface area contributed by atoms with Gasteiger partial charge in [0.1, 0.15) is 11.5 Å². The van der Waals surface area contributed by atoms with Gasteiger partial charge in [0.05, 0.1) is 5.56 Å². The van der Waals surface area contributed by atoms with Gasteiger partial charge in [-0.15, -0.1) is 0 Å². The zero-order chi connectivity index (χ0) is 14.5. The van der Waals surface area contributed by atoms with E-state index in [2.05, 4.69) is 5.32 Å². The predicted molar refractivity (Wildman–Crippen MR) is 79.0 cm³/mol. The fourth-order valence-corrected chi connectivity index (χ4v) is 1.96. The zero-order valence-corrected chi connectivity index (χ0v) is 11.6. The highest BCUT2D eigenvalue weighted by atomic mass is 16.5. The normalized spacial score (nSPS) is 11.9. The van der Waals surface area contributed by atoms with Crippen LogP contribution >= 0.6 is 0 Å². The first-order valence-corrected chi connectivity index (χ1v) is 6.46. The van der Waals surface area contributed by atoms with Crippen LogP contribution in [0.5, 0.6) is 11.5 Å². The van der Waals surface area contributed by atoms with Crippen LogP contribution < -0.4 is 15.8 Å². The lowest BCUT2D eigenvalue weighted by atomic mass is 10.1. The number of ether oxygens (including phenoxy) is 1. The number of para-hydroxylation sites is 2. The van der Waals surface area contributed by atoms with Gasteiger partial charge in [-0.1, -0.05) is 30.3 Å². The van der Waals surface area contributed by atoms with Crippen molar-refractivity contribution in [3.63, 3.8) is 0 Å². The summed E-state index contributed by atoms with van der Waals surface area (Å²) >= 11 is 0. The smallest absolute Gasteiger partial charge is 0.252 e. The fraction of sp³-hybridized carbons (Fsp3) is 0.188. The van der Waals surface area contributed by atoms with Crippen molar-refractivity contribution >= 4 is 5.91 Å². The molecule has 0 heterocycles. The third-order valence-corrected chi connectivity index (χ3v) is 3.19. The maximum absolute atomic E-state index is 11.4. The highest BCUT2D eigenvalue weighted by molar-refractivity contribution is 5.95. The summed E-state index contributed by atoms with van der Waals surface area (Å²) in [6.45, 7) is 2.04. The van der Waals surface area contributed by atoms with Gasteiger partial charge in [-0.2, -0.15) is 0 Å². The molecule has 2 aromatic rings. The van der Waals surface area contributed by atoms with Crippen molar-refractivity contribution in [3.8, 4) is 11.5 Å². The maximum atomic E-state index is 11.4. The van der Waals surface area contributed by atoms with E-state index in [0.29, 0.717) is 17.1 Å². The van der Waals surface area contributed by atoms with Gasteiger partial charge in [0.15, 0.2) is 0 Å². The third-order valence-electron chi connectivity index (χ3n) is 3.19. The van der Waals surface area contributed by atoms with Gasteiger partial charge >= 0.3 is 0 Å². The van der Waals surface area contributed by atoms with E-state index in [-0.39, 0.29) is 6.04 Å². The molecule has 20 heavy (non-hydrogen) atoms. The lowest BCUT2D eigenvalue weighted by molar-refractivity contribution is 0.0998. The van der Waals surface area contributed by atoms with Crippen molar-refractivity contribution in [1.29, 1.82) is 0 Å². The summed E-state index contributed by atoms with van der Waals surface area (Å²) in [5.41, 5.74) is 6.76. The number of amides is 1. The summed E-state index contributed by atoms with van der Waals surface area (Å²) in [5, 5.41) is 3.17. The molecule has 0 saturated heterocycles. The monoisotopic (exact) mass is 270 g/mol. The average Bonchev–Trinajstić information content (AvgIpc) is 2.47. The van der Waals surface area contributed by atoms with Crippen LogP contribution in [0.3, 0.4) is 0 Å². The lowest BCUT2D eigenvalue weighted by Crippen LogP contribution is -2.14. The summed E-state index contributed by atoms with van der Waals surface area (Å²) in [5.74, 6) is 0.679. The number of benzene rings is 2. The first kappa shape index (κ1) is 14.1. The van der Waals surface area contributed by atoms with Gasteiger partial charge in [-0.05, 0) is 32.2 Å². The minimum Gasteiger partial charge on any atom is -0.456 e. The average molecular weight is 270 g/mol. The number of hydrogen-bond donors (Lipinski definition) is 2. The second-order valence-electron chi connectivity index (χ2n) is 4.51. The molecule has 0 radical (unpaired) electrons. The van der Waals surface area contributed by atoms with Crippen LogP contribution in [-0.4, -0.2) is 13.0 Å². The van der Waals surface area contributed by atoms with Crippen molar-refractivity contribution in [2.24, 2.45) is 5.73 Å². The number of hydrogen-bond acceptors (Lipinski definition) is 3. The summed E-state index contributed by atoms with van der Waals surface area (Å²) in [6.07, 6.45) is 0. The molecule has 0 spiro atoms. The van der Waals surface area contributed by atoms with Crippen LogP contribution in [0.1, 0.15) is 28.9 Å². The number of carbonyl (C=O) groups excluding carboxylic acids is 1. The maximum Gasteiger partial charge on any atom is 0.252 e. The van der Waals surface area contributed by atoms with E-state index in [1.165, 1.54) is 0 Å². The number of rotatable bonds is 5. The molecule has 1 amide bonds. The van der Waals surface area contributed by atoms with Gasteiger partial charge in [0.25, 0.3) is 5.91 Å². The summed E-state index contributed by atoms with van der Waals surface area (Å²) in [6, 6.07) is 14.8. The molecule has 4 nitrogen and oxygen atoms in total. The van der Waals surface area contributed by atoms with E-state index >= 15 is 0 Å². The van der Waals surface area contributed by atoms with E-state index in [1.807, 2.05) is 44.3 Å². The standard InChI is InChI=1S/C16H18N2O2/c1-11(18-2)12-7-3-5-9-14(12)20-15-10-6-4-8-13(15)16(17)19/h3-11,18H,1-2H3,(H2,17,19). The molecule has 0 saturated carbocycles. The molecule has 0 aromatic heterocycles. The molecule has 1 unspecified atom stereocenters. The molecule has 2 aromatic carbocycles. The Labute approximate surface area is 118 Å². The van der Waals surface area contributed by atoms with E-state index < -0.39 is 5.91 Å². The van der Waals surface area contributed by atoms with E-state index in [1.54, 1.807) is 18.2 Å². The quantitative estimate of drug-likeness (QED) is 0.878. The third kappa shape index (κ3) is 2.97. The van der Waals surface area contributed by atoms with Crippen molar-refractivity contribution < 1.29 is 9.53 Å². The lowest BCUT2D eigenvalue weighted by Gasteiger charge is -2.17. The topological polar surface area (TPSA) is 64.3 Å². The Bertz CT molecular complexity index is 611. The molecule has 4 heteroatoms. The number of nitrogens with one attached hydrogen (secondary N) is 1.